The molecule has 12 heavy (non-hydrogen) atoms. The zero-order valence-corrected chi connectivity index (χ0v) is 8.23. The molecule has 3 heteroatoms. The van der Waals surface area contributed by atoms with Gasteiger partial charge in [0, 0.05) is 18.5 Å². The lowest BCUT2D eigenvalue weighted by atomic mass is 10.4. The fourth-order valence-electron chi connectivity index (χ4n) is 1.51. The van der Waals surface area contributed by atoms with Gasteiger partial charge in [-0.25, -0.2) is 4.98 Å². The topological polar surface area (TPSA) is 16.1 Å². The first kappa shape index (κ1) is 8.05. The van der Waals surface area contributed by atoms with Gasteiger partial charge in [0.2, 0.25) is 0 Å². The molecule has 2 rings (SSSR count). The third-order valence-electron chi connectivity index (χ3n) is 2.28. The molecule has 2 nitrogen and oxygen atoms in total. The van der Waals surface area contributed by atoms with Crippen molar-refractivity contribution < 1.29 is 0 Å². The zero-order chi connectivity index (χ0) is 8.39. The minimum atomic E-state index is 1.06. The number of aryl methyl sites for hydroxylation is 1. The molecule has 0 saturated carbocycles. The quantitative estimate of drug-likeness (QED) is 0.697. The molecule has 2 heterocycles. The van der Waals surface area contributed by atoms with Crippen LogP contribution < -0.4 is 4.90 Å². The highest BCUT2D eigenvalue weighted by atomic mass is 32.1. The standard InChI is InChI=1S/C9H14N2S/c1-2-8-7-12-9(10-8)11-5-3-4-6-11/h7H,2-6H2,1H3. The molecule has 0 atom stereocenters. The second-order valence-electron chi connectivity index (χ2n) is 3.17. The van der Waals surface area contributed by atoms with Crippen LogP contribution in [0, 0.1) is 0 Å². The molecule has 0 bridgehead atoms. The Balaban J connectivity index is 2.11. The SMILES string of the molecule is CCc1csc(N2CCCC2)n1. The average molecular weight is 182 g/mol. The van der Waals surface area contributed by atoms with Crippen molar-refractivity contribution in [2.45, 2.75) is 26.2 Å². The third kappa shape index (κ3) is 1.46. The van der Waals surface area contributed by atoms with Crippen LogP contribution in [0.25, 0.3) is 0 Å². The summed E-state index contributed by atoms with van der Waals surface area (Å²) in [5, 5.41) is 3.40. The van der Waals surface area contributed by atoms with Crippen molar-refractivity contribution in [2.75, 3.05) is 18.0 Å². The molecule has 0 radical (unpaired) electrons. The minimum Gasteiger partial charge on any atom is -0.348 e. The molecule has 1 fully saturated rings. The van der Waals surface area contributed by atoms with Crippen LogP contribution in [0.4, 0.5) is 5.13 Å². The monoisotopic (exact) mass is 182 g/mol. The molecule has 0 aliphatic carbocycles. The Morgan fingerprint density at radius 1 is 1.50 bits per heavy atom. The molecule has 1 aliphatic rings. The lowest BCUT2D eigenvalue weighted by Gasteiger charge is -2.11. The molecule has 1 aliphatic heterocycles. The van der Waals surface area contributed by atoms with Crippen LogP contribution >= 0.6 is 11.3 Å². The van der Waals surface area contributed by atoms with Crippen molar-refractivity contribution in [3.63, 3.8) is 0 Å². The Hall–Kier alpha value is -0.570. The number of hydrogen-bond donors (Lipinski definition) is 0. The maximum absolute atomic E-state index is 4.56. The summed E-state index contributed by atoms with van der Waals surface area (Å²) >= 11 is 1.79. The van der Waals surface area contributed by atoms with Gasteiger partial charge in [-0.2, -0.15) is 0 Å². The van der Waals surface area contributed by atoms with E-state index in [2.05, 4.69) is 22.2 Å². The van der Waals surface area contributed by atoms with E-state index in [9.17, 15) is 0 Å². The minimum absolute atomic E-state index is 1.06. The highest BCUT2D eigenvalue weighted by molar-refractivity contribution is 7.13. The number of anilines is 1. The predicted molar refractivity (Wildman–Crippen MR) is 52.9 cm³/mol. The van der Waals surface area contributed by atoms with E-state index in [1.165, 1.54) is 36.8 Å². The van der Waals surface area contributed by atoms with E-state index >= 15 is 0 Å². The maximum Gasteiger partial charge on any atom is 0.185 e. The third-order valence-corrected chi connectivity index (χ3v) is 3.23. The van der Waals surface area contributed by atoms with Crippen molar-refractivity contribution in [3.8, 4) is 0 Å². The van der Waals surface area contributed by atoms with Gasteiger partial charge in [0.1, 0.15) is 0 Å². The van der Waals surface area contributed by atoms with E-state index in [0.717, 1.165) is 6.42 Å². The summed E-state index contributed by atoms with van der Waals surface area (Å²) in [5.74, 6) is 0. The molecular formula is C9H14N2S. The van der Waals surface area contributed by atoms with Crippen molar-refractivity contribution in [1.29, 1.82) is 0 Å². The molecule has 0 unspecified atom stereocenters. The summed E-state index contributed by atoms with van der Waals surface area (Å²) in [6.07, 6.45) is 3.73. The van der Waals surface area contributed by atoms with Crippen LogP contribution in [0.1, 0.15) is 25.5 Å². The van der Waals surface area contributed by atoms with Gasteiger partial charge in [0.15, 0.2) is 5.13 Å². The number of nitrogens with zero attached hydrogens (tertiary/aromatic N) is 2. The molecular weight excluding hydrogens is 168 g/mol. The highest BCUT2D eigenvalue weighted by Crippen LogP contribution is 2.24. The Morgan fingerprint density at radius 2 is 2.25 bits per heavy atom. The van der Waals surface area contributed by atoms with Crippen molar-refractivity contribution >= 4 is 16.5 Å². The fraction of sp³-hybridized carbons (Fsp3) is 0.667. The van der Waals surface area contributed by atoms with E-state index in [0.29, 0.717) is 0 Å². The molecule has 0 aromatic carbocycles. The average Bonchev–Trinajstić information content (AvgIpc) is 2.75. The number of hydrogen-bond acceptors (Lipinski definition) is 3. The van der Waals surface area contributed by atoms with Gasteiger partial charge in [0.05, 0.1) is 5.69 Å². The smallest absolute Gasteiger partial charge is 0.185 e. The van der Waals surface area contributed by atoms with Gasteiger partial charge in [-0.05, 0) is 19.3 Å². The van der Waals surface area contributed by atoms with E-state index < -0.39 is 0 Å². The zero-order valence-electron chi connectivity index (χ0n) is 7.42. The summed E-state index contributed by atoms with van der Waals surface area (Å²) in [7, 11) is 0. The van der Waals surface area contributed by atoms with Crippen molar-refractivity contribution in [1.82, 2.24) is 4.98 Å². The number of rotatable bonds is 2. The Labute approximate surface area is 77.2 Å². The normalized spacial score (nSPS) is 17.2. The van der Waals surface area contributed by atoms with Crippen LogP contribution in [-0.4, -0.2) is 18.1 Å². The fourth-order valence-corrected chi connectivity index (χ4v) is 2.47. The van der Waals surface area contributed by atoms with E-state index in [-0.39, 0.29) is 0 Å². The lowest BCUT2D eigenvalue weighted by molar-refractivity contribution is 0.941. The number of aromatic nitrogens is 1. The van der Waals surface area contributed by atoms with E-state index in [4.69, 9.17) is 0 Å². The van der Waals surface area contributed by atoms with Crippen LogP contribution in [0.2, 0.25) is 0 Å². The Morgan fingerprint density at radius 3 is 2.83 bits per heavy atom. The van der Waals surface area contributed by atoms with Gasteiger partial charge in [-0.15, -0.1) is 11.3 Å². The molecule has 1 aromatic rings. The predicted octanol–water partition coefficient (Wildman–Crippen LogP) is 2.31. The van der Waals surface area contributed by atoms with Gasteiger partial charge in [0.25, 0.3) is 0 Å². The highest BCUT2D eigenvalue weighted by Gasteiger charge is 2.14. The van der Waals surface area contributed by atoms with E-state index in [1.807, 2.05) is 0 Å². The molecule has 66 valence electrons. The summed E-state index contributed by atoms with van der Waals surface area (Å²) < 4.78 is 0. The van der Waals surface area contributed by atoms with Gasteiger partial charge in [-0.3, -0.25) is 0 Å². The molecule has 0 amide bonds. The molecule has 0 spiro atoms. The first-order valence-electron chi connectivity index (χ1n) is 4.59. The summed E-state index contributed by atoms with van der Waals surface area (Å²) in [6, 6.07) is 0. The maximum atomic E-state index is 4.56. The van der Waals surface area contributed by atoms with Crippen LogP contribution in [-0.2, 0) is 6.42 Å². The largest absolute Gasteiger partial charge is 0.348 e. The first-order chi connectivity index (χ1) is 5.90. The van der Waals surface area contributed by atoms with Crippen LogP contribution in [0.3, 0.4) is 0 Å². The van der Waals surface area contributed by atoms with Gasteiger partial charge in [-0.1, -0.05) is 6.92 Å². The Kier molecular flexibility index (Phi) is 2.30. The van der Waals surface area contributed by atoms with Gasteiger partial charge >= 0.3 is 0 Å². The van der Waals surface area contributed by atoms with Crippen LogP contribution in [0.15, 0.2) is 5.38 Å². The Bertz CT molecular complexity index is 251. The second-order valence-corrected chi connectivity index (χ2v) is 4.01. The van der Waals surface area contributed by atoms with Crippen molar-refractivity contribution in [3.05, 3.63) is 11.1 Å². The molecule has 1 aromatic heterocycles. The van der Waals surface area contributed by atoms with Crippen molar-refractivity contribution in [2.24, 2.45) is 0 Å². The summed E-state index contributed by atoms with van der Waals surface area (Å²) in [4.78, 5) is 6.95. The lowest BCUT2D eigenvalue weighted by Crippen LogP contribution is -2.17. The van der Waals surface area contributed by atoms with E-state index in [1.54, 1.807) is 11.3 Å². The summed E-state index contributed by atoms with van der Waals surface area (Å²) in [5.41, 5.74) is 1.24. The number of thiazole rings is 1. The molecule has 1 saturated heterocycles. The molecule has 0 N–H and O–H groups in total. The summed E-state index contributed by atoms with van der Waals surface area (Å²) in [6.45, 7) is 4.57. The first-order valence-corrected chi connectivity index (χ1v) is 5.47. The second kappa shape index (κ2) is 3.44. The van der Waals surface area contributed by atoms with Crippen LogP contribution in [0.5, 0.6) is 0 Å². The van der Waals surface area contributed by atoms with Gasteiger partial charge < -0.3 is 4.90 Å².